The predicted molar refractivity (Wildman–Crippen MR) is 87.6 cm³/mol. The maximum atomic E-state index is 10.6. The Kier molecular flexibility index (Phi) is 3.99. The largest absolute Gasteiger partial charge is 0.386 e. The van der Waals surface area contributed by atoms with Gasteiger partial charge in [0.25, 0.3) is 0 Å². The summed E-state index contributed by atoms with van der Waals surface area (Å²) >= 11 is 0. The first kappa shape index (κ1) is 15.3. The molecule has 2 aliphatic heterocycles. The summed E-state index contributed by atoms with van der Waals surface area (Å²) in [4.78, 5) is 4.52. The summed E-state index contributed by atoms with van der Waals surface area (Å²) in [5.74, 6) is 1.63. The number of aliphatic hydroxyl groups is 1. The zero-order valence-electron chi connectivity index (χ0n) is 13.8. The van der Waals surface area contributed by atoms with Crippen molar-refractivity contribution in [1.29, 1.82) is 0 Å². The monoisotopic (exact) mass is 318 g/mol. The standard InChI is InChI=1S/C17H26N4O2/c1-20(11-17(22)7-2-8-23-12-17)14-9-21(10-14)16-6-5-15(18-19-16)13-3-4-13/h5-6,13-14,22H,2-4,7-12H2,1H3. The second kappa shape index (κ2) is 6.00. The Hall–Kier alpha value is -1.24. The minimum Gasteiger partial charge on any atom is -0.386 e. The van der Waals surface area contributed by atoms with Crippen LogP contribution in [0.15, 0.2) is 12.1 Å². The Labute approximate surface area is 137 Å². The molecule has 1 N–H and O–H groups in total. The quantitative estimate of drug-likeness (QED) is 0.874. The smallest absolute Gasteiger partial charge is 0.151 e. The second-order valence-corrected chi connectivity index (χ2v) is 7.45. The molecule has 1 aromatic rings. The van der Waals surface area contributed by atoms with Gasteiger partial charge in [-0.2, -0.15) is 5.10 Å². The molecule has 0 amide bonds. The minimum atomic E-state index is -0.681. The van der Waals surface area contributed by atoms with Crippen LogP contribution in [0.1, 0.15) is 37.3 Å². The molecule has 3 heterocycles. The molecule has 4 rings (SSSR count). The van der Waals surface area contributed by atoms with E-state index in [0.717, 1.165) is 44.0 Å². The normalized spacial score (nSPS) is 28.9. The molecule has 1 aliphatic carbocycles. The van der Waals surface area contributed by atoms with Crippen molar-refractivity contribution >= 4 is 5.82 Å². The van der Waals surface area contributed by atoms with Gasteiger partial charge in [0.2, 0.25) is 0 Å². The summed E-state index contributed by atoms with van der Waals surface area (Å²) in [5.41, 5.74) is 0.460. The number of anilines is 1. The van der Waals surface area contributed by atoms with Gasteiger partial charge >= 0.3 is 0 Å². The minimum absolute atomic E-state index is 0.460. The van der Waals surface area contributed by atoms with Crippen molar-refractivity contribution in [3.8, 4) is 0 Å². The van der Waals surface area contributed by atoms with Gasteiger partial charge in [0, 0.05) is 38.2 Å². The van der Waals surface area contributed by atoms with E-state index in [0.29, 0.717) is 25.1 Å². The van der Waals surface area contributed by atoms with Gasteiger partial charge < -0.3 is 14.7 Å². The third-order valence-corrected chi connectivity index (χ3v) is 5.32. The third kappa shape index (κ3) is 3.34. The molecule has 126 valence electrons. The topological polar surface area (TPSA) is 61.7 Å². The van der Waals surface area contributed by atoms with Gasteiger partial charge in [0.1, 0.15) is 5.60 Å². The first-order valence-corrected chi connectivity index (χ1v) is 8.72. The van der Waals surface area contributed by atoms with Crippen LogP contribution in [0.25, 0.3) is 0 Å². The van der Waals surface area contributed by atoms with Crippen LogP contribution in [0, 0.1) is 0 Å². The number of likely N-dealkylation sites (N-methyl/N-ethyl adjacent to an activating group) is 1. The number of aromatic nitrogens is 2. The molecule has 0 aromatic carbocycles. The van der Waals surface area contributed by atoms with Gasteiger partial charge in [0.15, 0.2) is 5.82 Å². The number of rotatable bonds is 5. The number of hydrogen-bond donors (Lipinski definition) is 1. The van der Waals surface area contributed by atoms with Crippen LogP contribution in [-0.4, -0.2) is 71.7 Å². The molecule has 3 fully saturated rings. The Bertz CT molecular complexity index is 534. The Morgan fingerprint density at radius 1 is 1.35 bits per heavy atom. The first-order valence-electron chi connectivity index (χ1n) is 8.72. The van der Waals surface area contributed by atoms with Crippen molar-refractivity contribution in [3.05, 3.63) is 17.8 Å². The maximum Gasteiger partial charge on any atom is 0.151 e. The van der Waals surface area contributed by atoms with E-state index in [2.05, 4.69) is 39.2 Å². The summed E-state index contributed by atoms with van der Waals surface area (Å²) in [6, 6.07) is 4.68. The summed E-state index contributed by atoms with van der Waals surface area (Å²) in [7, 11) is 2.09. The summed E-state index contributed by atoms with van der Waals surface area (Å²) in [6.07, 6.45) is 4.31. The second-order valence-electron chi connectivity index (χ2n) is 7.45. The zero-order valence-corrected chi connectivity index (χ0v) is 13.8. The Morgan fingerprint density at radius 2 is 2.17 bits per heavy atom. The van der Waals surface area contributed by atoms with Crippen LogP contribution in [0.4, 0.5) is 5.82 Å². The van der Waals surface area contributed by atoms with Crippen LogP contribution in [0.5, 0.6) is 0 Å². The van der Waals surface area contributed by atoms with E-state index in [1.165, 1.54) is 12.8 Å². The fraction of sp³-hybridized carbons (Fsp3) is 0.765. The van der Waals surface area contributed by atoms with Crippen LogP contribution in [-0.2, 0) is 4.74 Å². The summed E-state index contributed by atoms with van der Waals surface area (Å²) in [6.45, 7) is 3.81. The van der Waals surface area contributed by atoms with Crippen LogP contribution >= 0.6 is 0 Å². The average molecular weight is 318 g/mol. The van der Waals surface area contributed by atoms with E-state index in [9.17, 15) is 5.11 Å². The number of ether oxygens (including phenoxy) is 1. The van der Waals surface area contributed by atoms with Gasteiger partial charge in [-0.25, -0.2) is 0 Å². The molecule has 6 nitrogen and oxygen atoms in total. The van der Waals surface area contributed by atoms with Gasteiger partial charge in [-0.3, -0.25) is 4.90 Å². The lowest BCUT2D eigenvalue weighted by Crippen LogP contribution is -2.62. The molecule has 3 aliphatic rings. The van der Waals surface area contributed by atoms with Crippen molar-refractivity contribution < 1.29 is 9.84 Å². The van der Waals surface area contributed by atoms with Crippen molar-refractivity contribution in [3.63, 3.8) is 0 Å². The van der Waals surface area contributed by atoms with Gasteiger partial charge in [-0.05, 0) is 44.9 Å². The highest BCUT2D eigenvalue weighted by atomic mass is 16.5. The van der Waals surface area contributed by atoms with Crippen LogP contribution in [0.3, 0.4) is 0 Å². The SMILES string of the molecule is CN(CC1(O)CCCOC1)C1CN(c2ccc(C3CC3)nn2)C1. The van der Waals surface area contributed by atoms with E-state index in [1.807, 2.05) is 0 Å². The van der Waals surface area contributed by atoms with Crippen molar-refractivity contribution in [2.24, 2.45) is 0 Å². The molecule has 23 heavy (non-hydrogen) atoms. The lowest BCUT2D eigenvalue weighted by molar-refractivity contribution is -0.102. The molecule has 0 radical (unpaired) electrons. The maximum absolute atomic E-state index is 10.6. The number of hydrogen-bond acceptors (Lipinski definition) is 6. The first-order chi connectivity index (χ1) is 11.1. The molecule has 2 saturated heterocycles. The molecule has 0 spiro atoms. The van der Waals surface area contributed by atoms with Crippen molar-refractivity contribution in [2.45, 2.75) is 43.2 Å². The highest BCUT2D eigenvalue weighted by molar-refractivity contribution is 5.42. The average Bonchev–Trinajstić information content (AvgIpc) is 3.31. The fourth-order valence-corrected chi connectivity index (χ4v) is 3.58. The number of nitrogens with zero attached hydrogens (tertiary/aromatic N) is 4. The van der Waals surface area contributed by atoms with E-state index in [1.54, 1.807) is 0 Å². The molecule has 1 unspecified atom stereocenters. The van der Waals surface area contributed by atoms with Crippen molar-refractivity contribution in [1.82, 2.24) is 15.1 Å². The van der Waals surface area contributed by atoms with Crippen LogP contribution < -0.4 is 4.90 Å². The van der Waals surface area contributed by atoms with E-state index < -0.39 is 5.60 Å². The lowest BCUT2D eigenvalue weighted by atomic mass is 9.95. The zero-order chi connectivity index (χ0) is 15.9. The lowest BCUT2D eigenvalue weighted by Gasteiger charge is -2.47. The Morgan fingerprint density at radius 3 is 2.78 bits per heavy atom. The fourth-order valence-electron chi connectivity index (χ4n) is 3.58. The summed E-state index contributed by atoms with van der Waals surface area (Å²) < 4.78 is 5.44. The molecule has 1 aromatic heterocycles. The molecule has 0 bridgehead atoms. The van der Waals surface area contributed by atoms with E-state index >= 15 is 0 Å². The Balaban J connectivity index is 1.28. The van der Waals surface area contributed by atoms with E-state index in [-0.39, 0.29) is 0 Å². The van der Waals surface area contributed by atoms with Gasteiger partial charge in [-0.1, -0.05) is 0 Å². The van der Waals surface area contributed by atoms with Crippen molar-refractivity contribution in [2.75, 3.05) is 44.8 Å². The molecule has 1 saturated carbocycles. The molecular formula is C17H26N4O2. The highest BCUT2D eigenvalue weighted by Gasteiger charge is 2.37. The van der Waals surface area contributed by atoms with Gasteiger partial charge in [-0.15, -0.1) is 5.10 Å². The molecule has 1 atom stereocenters. The highest BCUT2D eigenvalue weighted by Crippen LogP contribution is 2.38. The predicted octanol–water partition coefficient (Wildman–Crippen LogP) is 1.02. The van der Waals surface area contributed by atoms with E-state index in [4.69, 9.17) is 4.74 Å². The van der Waals surface area contributed by atoms with Gasteiger partial charge in [0.05, 0.1) is 12.3 Å². The third-order valence-electron chi connectivity index (χ3n) is 5.32. The molecule has 6 heteroatoms. The summed E-state index contributed by atoms with van der Waals surface area (Å²) in [5, 5.41) is 19.3. The molecular weight excluding hydrogens is 292 g/mol. The van der Waals surface area contributed by atoms with Crippen LogP contribution in [0.2, 0.25) is 0 Å².